The Labute approximate surface area is 300 Å². The molecule has 2 unspecified atom stereocenters. The number of rotatable bonds is 2. The number of aromatic nitrogens is 2. The Balaban J connectivity index is 1.15. The summed E-state index contributed by atoms with van der Waals surface area (Å²) in [4.78, 5) is 0. The first-order valence-corrected chi connectivity index (χ1v) is 18.1. The number of nitrogens with one attached hydrogen (secondary N) is 2. The molecule has 2 aromatic heterocycles. The standard InChI is InChI=1S/C48H32N4/c1-2-13-32(14-3-1)51-42-21-11-8-17-35(42)37-26-29(22-24-43(37)51)30-23-25-44-39(27-30)45-33-15-5-4-12-31(33)28-38-34-16-6-7-18-36(34)46-48(52(44)47(38)45)50-41-20-10-9-19-40(41)49-46/h1-28,40-41,49-50H. The molecule has 0 fully saturated rings. The largest absolute Gasteiger partial charge is 0.373 e. The van der Waals surface area contributed by atoms with Crippen molar-refractivity contribution in [3.05, 3.63) is 175 Å². The minimum Gasteiger partial charge on any atom is -0.373 e. The highest BCUT2D eigenvalue weighted by atomic mass is 15.2. The highest BCUT2D eigenvalue weighted by Gasteiger charge is 2.34. The number of nitrogens with zero attached hydrogens (tertiary/aromatic N) is 2. The molecule has 0 amide bonds. The van der Waals surface area contributed by atoms with E-state index in [1.165, 1.54) is 87.9 Å². The Hall–Kier alpha value is -6.78. The van der Waals surface area contributed by atoms with Gasteiger partial charge >= 0.3 is 0 Å². The summed E-state index contributed by atoms with van der Waals surface area (Å²) in [7, 11) is 0. The van der Waals surface area contributed by atoms with Crippen molar-refractivity contribution in [1.29, 1.82) is 0 Å². The molecule has 2 aliphatic heterocycles. The summed E-state index contributed by atoms with van der Waals surface area (Å²) < 4.78 is 4.88. The van der Waals surface area contributed by atoms with E-state index in [0.717, 1.165) is 11.5 Å². The molecule has 0 bridgehead atoms. The van der Waals surface area contributed by atoms with Crippen LogP contribution in [-0.2, 0) is 0 Å². The molecule has 1 aliphatic carbocycles. The van der Waals surface area contributed by atoms with Crippen molar-refractivity contribution in [3.8, 4) is 27.9 Å². The molecule has 2 atom stereocenters. The van der Waals surface area contributed by atoms with E-state index < -0.39 is 0 Å². The maximum absolute atomic E-state index is 4.00. The highest BCUT2D eigenvalue weighted by molar-refractivity contribution is 6.27. The Morgan fingerprint density at radius 3 is 1.90 bits per heavy atom. The first-order chi connectivity index (χ1) is 25.8. The van der Waals surface area contributed by atoms with Crippen LogP contribution in [0.1, 0.15) is 5.56 Å². The monoisotopic (exact) mass is 664 g/mol. The van der Waals surface area contributed by atoms with Gasteiger partial charge in [0.25, 0.3) is 0 Å². The molecule has 244 valence electrons. The normalized spacial score (nSPS) is 17.3. The third-order valence-electron chi connectivity index (χ3n) is 11.5. The van der Waals surface area contributed by atoms with Gasteiger partial charge in [0.05, 0.1) is 39.8 Å². The van der Waals surface area contributed by atoms with E-state index in [1.807, 2.05) is 0 Å². The molecule has 0 radical (unpaired) electrons. The molecule has 0 saturated carbocycles. The fraction of sp³-hybridized carbons (Fsp3) is 0.0417. The van der Waals surface area contributed by atoms with Gasteiger partial charge in [-0.15, -0.1) is 0 Å². The quantitative estimate of drug-likeness (QED) is 0.193. The van der Waals surface area contributed by atoms with E-state index in [1.54, 1.807) is 0 Å². The van der Waals surface area contributed by atoms with Crippen LogP contribution in [0.3, 0.4) is 0 Å². The fourth-order valence-corrected chi connectivity index (χ4v) is 9.18. The zero-order chi connectivity index (χ0) is 33.9. The molecule has 2 N–H and O–H groups in total. The lowest BCUT2D eigenvalue weighted by molar-refractivity contribution is 0.545. The summed E-state index contributed by atoms with van der Waals surface area (Å²) in [5, 5.41) is 15.6. The Morgan fingerprint density at radius 1 is 0.442 bits per heavy atom. The molecule has 4 nitrogen and oxygen atoms in total. The first kappa shape index (κ1) is 28.0. The van der Waals surface area contributed by atoms with Crippen LogP contribution in [0.4, 0.5) is 0 Å². The average molecular weight is 665 g/mol. The van der Waals surface area contributed by atoms with Crippen LogP contribution in [0.25, 0.3) is 93.8 Å². The van der Waals surface area contributed by atoms with Gasteiger partial charge in [-0.25, -0.2) is 0 Å². The number of fused-ring (bicyclic) bond motifs is 13. The van der Waals surface area contributed by atoms with Gasteiger partial charge < -0.3 is 15.2 Å². The molecular formula is C48H32N4. The van der Waals surface area contributed by atoms with E-state index in [4.69, 9.17) is 0 Å². The summed E-state index contributed by atoms with van der Waals surface area (Å²) in [6, 6.07) is 54.0. The topological polar surface area (TPSA) is 33.9 Å². The van der Waals surface area contributed by atoms with Crippen molar-refractivity contribution < 1.29 is 0 Å². The summed E-state index contributed by atoms with van der Waals surface area (Å²) in [5.74, 6) is 1.10. The fourth-order valence-electron chi connectivity index (χ4n) is 9.18. The van der Waals surface area contributed by atoms with Crippen molar-refractivity contribution in [2.75, 3.05) is 0 Å². The smallest absolute Gasteiger partial charge is 0.136 e. The molecule has 3 aliphatic rings. The molecule has 0 saturated heterocycles. The van der Waals surface area contributed by atoms with Gasteiger partial charge in [0.15, 0.2) is 0 Å². The van der Waals surface area contributed by atoms with Crippen LogP contribution in [0, 0.1) is 0 Å². The SMILES string of the molecule is C1=CC2NC3=C(NC2C=C1)n1c2ccc(-c4ccc5c(c4)c4ccccc4n5-c4ccccc4)cc2c2c4ccccc4cc(c21)-c1ccccc13. The number of hydrogen-bond acceptors (Lipinski definition) is 2. The second-order valence-electron chi connectivity index (χ2n) is 14.2. The van der Waals surface area contributed by atoms with Crippen molar-refractivity contribution in [2.24, 2.45) is 0 Å². The van der Waals surface area contributed by atoms with Crippen LogP contribution in [-0.4, -0.2) is 21.2 Å². The highest BCUT2D eigenvalue weighted by Crippen LogP contribution is 2.48. The lowest BCUT2D eigenvalue weighted by Gasteiger charge is -2.36. The number of allylic oxidation sites excluding steroid dienone is 2. The Bertz CT molecular complexity index is 3080. The number of hydrogen-bond donors (Lipinski definition) is 2. The van der Waals surface area contributed by atoms with Crippen molar-refractivity contribution in [1.82, 2.24) is 19.8 Å². The van der Waals surface area contributed by atoms with Gasteiger partial charge in [0, 0.05) is 38.4 Å². The van der Waals surface area contributed by atoms with Crippen LogP contribution >= 0.6 is 0 Å². The van der Waals surface area contributed by atoms with Gasteiger partial charge in [-0.05, 0) is 76.0 Å². The molecule has 4 heterocycles. The van der Waals surface area contributed by atoms with Gasteiger partial charge in [-0.1, -0.05) is 121 Å². The minimum atomic E-state index is 0.148. The predicted octanol–water partition coefficient (Wildman–Crippen LogP) is 11.0. The van der Waals surface area contributed by atoms with E-state index >= 15 is 0 Å². The minimum absolute atomic E-state index is 0.148. The van der Waals surface area contributed by atoms with Crippen LogP contribution in [0.2, 0.25) is 0 Å². The summed E-state index contributed by atoms with van der Waals surface area (Å²) in [5.41, 5.74) is 13.3. The lowest BCUT2D eigenvalue weighted by atomic mass is 9.91. The average Bonchev–Trinajstić information content (AvgIpc) is 3.69. The molecule has 0 spiro atoms. The lowest BCUT2D eigenvalue weighted by Crippen LogP contribution is -2.51. The van der Waals surface area contributed by atoms with Crippen molar-refractivity contribution >= 4 is 65.9 Å². The van der Waals surface area contributed by atoms with Gasteiger partial charge in [0.2, 0.25) is 0 Å². The van der Waals surface area contributed by atoms with E-state index in [9.17, 15) is 0 Å². The zero-order valence-corrected chi connectivity index (χ0v) is 28.2. The summed E-state index contributed by atoms with van der Waals surface area (Å²) in [6.07, 6.45) is 8.83. The van der Waals surface area contributed by atoms with Crippen LogP contribution < -0.4 is 10.6 Å². The maximum Gasteiger partial charge on any atom is 0.136 e. The van der Waals surface area contributed by atoms with Crippen molar-refractivity contribution in [2.45, 2.75) is 12.1 Å². The second-order valence-corrected chi connectivity index (χ2v) is 14.2. The number of benzene rings is 7. The molecule has 7 aromatic carbocycles. The van der Waals surface area contributed by atoms with Gasteiger partial charge in [0.1, 0.15) is 5.82 Å². The van der Waals surface area contributed by atoms with E-state index in [2.05, 4.69) is 190 Å². The summed E-state index contributed by atoms with van der Waals surface area (Å²) in [6.45, 7) is 0. The molecule has 9 aromatic rings. The van der Waals surface area contributed by atoms with E-state index in [-0.39, 0.29) is 12.1 Å². The Morgan fingerprint density at radius 2 is 1.08 bits per heavy atom. The maximum atomic E-state index is 4.00. The third kappa shape index (κ3) is 3.76. The molecule has 52 heavy (non-hydrogen) atoms. The zero-order valence-electron chi connectivity index (χ0n) is 28.2. The van der Waals surface area contributed by atoms with Crippen LogP contribution in [0.15, 0.2) is 170 Å². The van der Waals surface area contributed by atoms with Gasteiger partial charge in [-0.3, -0.25) is 4.57 Å². The Kier molecular flexibility index (Phi) is 5.58. The summed E-state index contributed by atoms with van der Waals surface area (Å²) >= 11 is 0. The molecular weight excluding hydrogens is 633 g/mol. The molecule has 4 heteroatoms. The van der Waals surface area contributed by atoms with E-state index in [0.29, 0.717) is 0 Å². The predicted molar refractivity (Wildman–Crippen MR) is 217 cm³/mol. The van der Waals surface area contributed by atoms with Crippen molar-refractivity contribution in [3.63, 3.8) is 0 Å². The number of para-hydroxylation sites is 2. The molecule has 12 rings (SSSR count). The third-order valence-corrected chi connectivity index (χ3v) is 11.5. The first-order valence-electron chi connectivity index (χ1n) is 18.1. The van der Waals surface area contributed by atoms with Gasteiger partial charge in [-0.2, -0.15) is 0 Å². The second kappa shape index (κ2) is 10.4. The van der Waals surface area contributed by atoms with Crippen LogP contribution in [0.5, 0.6) is 0 Å².